The first kappa shape index (κ1) is 15.7. The van der Waals surface area contributed by atoms with Crippen LogP contribution in [0.25, 0.3) is 0 Å². The smallest absolute Gasteiger partial charge is 0.217 e. The molecule has 3 rings (SSSR count). The third-order valence-electron chi connectivity index (χ3n) is 3.20. The van der Waals surface area contributed by atoms with Crippen LogP contribution in [0.2, 0.25) is 0 Å². The highest BCUT2D eigenvalue weighted by atomic mass is 17.7. The molecule has 8 heteroatoms. The van der Waals surface area contributed by atoms with E-state index in [1.54, 1.807) is 36.4 Å². The lowest BCUT2D eigenvalue weighted by Gasteiger charge is -2.26. The molecule has 2 aromatic carbocycles. The van der Waals surface area contributed by atoms with Gasteiger partial charge in [-0.05, 0) is 20.2 Å². The predicted octanol–water partition coefficient (Wildman–Crippen LogP) is 2.76. The van der Waals surface area contributed by atoms with Crippen LogP contribution < -0.4 is 0 Å². The van der Waals surface area contributed by atoms with E-state index in [4.69, 9.17) is 0 Å². The summed E-state index contributed by atoms with van der Waals surface area (Å²) in [6.07, 6.45) is 0. The molecule has 24 heavy (non-hydrogen) atoms. The zero-order valence-electron chi connectivity index (χ0n) is 12.1. The number of carbonyl (C=O) groups excluding carboxylic acids is 2. The van der Waals surface area contributed by atoms with Gasteiger partial charge in [0.1, 0.15) is 0 Å². The lowest BCUT2D eigenvalue weighted by molar-refractivity contribution is -0.806. The normalized spacial score (nSPS) is 14.4. The number of ketones is 2. The monoisotopic (exact) mass is 326 g/mol. The molecule has 1 aliphatic heterocycles. The Morgan fingerprint density at radius 3 is 1.71 bits per heavy atom. The van der Waals surface area contributed by atoms with Crippen LogP contribution in [0, 0.1) is 4.91 Å². The first-order chi connectivity index (χ1) is 11.7. The average molecular weight is 326 g/mol. The molecule has 8 nitrogen and oxygen atoms in total. The molecule has 120 valence electrons. The Bertz CT molecular complexity index is 800. The summed E-state index contributed by atoms with van der Waals surface area (Å²) in [7, 11) is 0. The van der Waals surface area contributed by atoms with Gasteiger partial charge in [0.25, 0.3) is 0 Å². The summed E-state index contributed by atoms with van der Waals surface area (Å²) >= 11 is 0. The van der Waals surface area contributed by atoms with Crippen LogP contribution in [0.4, 0.5) is 0 Å². The fourth-order valence-corrected chi connectivity index (χ4v) is 2.06. The van der Waals surface area contributed by atoms with E-state index in [9.17, 15) is 14.5 Å². The van der Waals surface area contributed by atoms with E-state index >= 15 is 0 Å². The molecule has 1 saturated heterocycles. The van der Waals surface area contributed by atoms with Gasteiger partial charge < -0.3 is 0 Å². The number of hydrogen-bond acceptors (Lipinski definition) is 8. The van der Waals surface area contributed by atoms with E-state index in [1.165, 1.54) is 24.3 Å². The second kappa shape index (κ2) is 6.92. The van der Waals surface area contributed by atoms with Crippen molar-refractivity contribution in [1.82, 2.24) is 5.23 Å². The molecule has 2 aromatic rings. The van der Waals surface area contributed by atoms with Crippen LogP contribution in [0.5, 0.6) is 0 Å². The molecular weight excluding hydrogens is 316 g/mol. The van der Waals surface area contributed by atoms with Crippen molar-refractivity contribution in [1.29, 1.82) is 0 Å². The van der Waals surface area contributed by atoms with Crippen molar-refractivity contribution in [2.45, 2.75) is 0 Å². The van der Waals surface area contributed by atoms with Gasteiger partial charge >= 0.3 is 0 Å². The van der Waals surface area contributed by atoms with Gasteiger partial charge in [0.05, 0.1) is 0 Å². The topological polar surface area (TPSA) is 94.5 Å². The molecule has 0 aromatic heterocycles. The molecular formula is C16H10N2O6. The summed E-state index contributed by atoms with van der Waals surface area (Å²) in [5.74, 6) is -1.43. The van der Waals surface area contributed by atoms with Crippen molar-refractivity contribution in [2.75, 3.05) is 0 Å². The Labute approximate surface area is 135 Å². The van der Waals surface area contributed by atoms with Crippen molar-refractivity contribution in [3.63, 3.8) is 0 Å². The van der Waals surface area contributed by atoms with E-state index in [2.05, 4.69) is 20.2 Å². The molecule has 1 heterocycles. The molecule has 1 fully saturated rings. The minimum atomic E-state index is -0.746. The van der Waals surface area contributed by atoms with Crippen LogP contribution in [-0.2, 0) is 15.0 Å². The lowest BCUT2D eigenvalue weighted by atomic mass is 10.0. The maximum atomic E-state index is 12.6. The van der Waals surface area contributed by atoms with Gasteiger partial charge in [0.15, 0.2) is 11.4 Å². The number of allylic oxidation sites excluding steroid dienone is 2. The van der Waals surface area contributed by atoms with E-state index in [-0.39, 0.29) is 11.1 Å². The van der Waals surface area contributed by atoms with Gasteiger partial charge in [0, 0.05) is 11.1 Å². The standard InChI is InChI=1S/C16H10N2O6/c19-15(11-7-3-1-4-8-11)13(17-21)14(18-22-24-23-18)16(20)12-9-5-2-6-10-12/h1-10H/b14-13-. The van der Waals surface area contributed by atoms with Gasteiger partial charge in [-0.1, -0.05) is 65.9 Å². The van der Waals surface area contributed by atoms with E-state index in [1.807, 2.05) is 0 Å². The molecule has 0 atom stereocenters. The molecule has 1 aliphatic rings. The number of carbonyl (C=O) groups is 2. The highest BCUT2D eigenvalue weighted by molar-refractivity contribution is 6.17. The van der Waals surface area contributed by atoms with Crippen molar-refractivity contribution in [3.8, 4) is 0 Å². The molecule has 0 amide bonds. The number of nitrogens with zero attached hydrogens (tertiary/aromatic N) is 2. The van der Waals surface area contributed by atoms with Gasteiger partial charge in [0.2, 0.25) is 11.6 Å². The number of Topliss-reactive ketones (excluding diaryl/α,β-unsaturated/α-hetero) is 2. The minimum absolute atomic E-state index is 0.187. The van der Waals surface area contributed by atoms with Crippen LogP contribution in [0.15, 0.2) is 77.2 Å². The Balaban J connectivity index is 2.08. The molecule has 0 spiro atoms. The Hall–Kier alpha value is -3.20. The van der Waals surface area contributed by atoms with Crippen LogP contribution in [0.3, 0.4) is 0 Å². The zero-order valence-corrected chi connectivity index (χ0v) is 12.1. The largest absolute Gasteiger partial charge is 0.287 e. The number of nitroso groups, excluding NO2 is 1. The van der Waals surface area contributed by atoms with Crippen molar-refractivity contribution < 1.29 is 24.6 Å². The van der Waals surface area contributed by atoms with E-state index in [0.717, 1.165) is 0 Å². The second-order valence-corrected chi connectivity index (χ2v) is 4.65. The number of benzene rings is 2. The molecule has 0 radical (unpaired) electrons. The van der Waals surface area contributed by atoms with E-state index < -0.39 is 23.0 Å². The summed E-state index contributed by atoms with van der Waals surface area (Å²) < 4.78 is 0. The fraction of sp³-hybridized carbons (Fsp3) is 0. The second-order valence-electron chi connectivity index (χ2n) is 4.65. The number of rotatable bonds is 6. The maximum absolute atomic E-state index is 12.6. The third kappa shape index (κ3) is 2.97. The Morgan fingerprint density at radius 1 is 0.792 bits per heavy atom. The molecule has 0 aliphatic carbocycles. The lowest BCUT2D eigenvalue weighted by Crippen LogP contribution is -2.38. The molecule has 0 saturated carbocycles. The predicted molar refractivity (Wildman–Crippen MR) is 79.5 cm³/mol. The quantitative estimate of drug-likeness (QED) is 0.348. The molecule has 0 N–H and O–H groups in total. The van der Waals surface area contributed by atoms with Gasteiger partial charge in [-0.3, -0.25) is 9.59 Å². The first-order valence-electron chi connectivity index (χ1n) is 6.81. The third-order valence-corrected chi connectivity index (χ3v) is 3.20. The zero-order chi connectivity index (χ0) is 16.9. The molecule has 0 bridgehead atoms. The van der Waals surface area contributed by atoms with Crippen molar-refractivity contribution in [2.24, 2.45) is 5.18 Å². The van der Waals surface area contributed by atoms with Crippen molar-refractivity contribution in [3.05, 3.63) is 88.1 Å². The number of hydrogen-bond donors (Lipinski definition) is 0. The SMILES string of the molecule is O=N/C(C(=O)c1ccccc1)=C(/C(=O)c1ccccc1)N1OOO1. The Morgan fingerprint density at radius 2 is 1.29 bits per heavy atom. The maximum Gasteiger partial charge on any atom is 0.217 e. The van der Waals surface area contributed by atoms with E-state index in [0.29, 0.717) is 5.23 Å². The van der Waals surface area contributed by atoms with Crippen LogP contribution in [-0.4, -0.2) is 16.8 Å². The average Bonchev–Trinajstić information content (AvgIpc) is 2.60. The van der Waals surface area contributed by atoms with Crippen LogP contribution >= 0.6 is 0 Å². The first-order valence-corrected chi connectivity index (χ1v) is 6.81. The van der Waals surface area contributed by atoms with Crippen LogP contribution in [0.1, 0.15) is 20.7 Å². The summed E-state index contributed by atoms with van der Waals surface area (Å²) in [6, 6.07) is 15.9. The van der Waals surface area contributed by atoms with Crippen molar-refractivity contribution >= 4 is 11.6 Å². The minimum Gasteiger partial charge on any atom is -0.287 e. The highest BCUT2D eigenvalue weighted by Crippen LogP contribution is 2.25. The van der Waals surface area contributed by atoms with Gasteiger partial charge in [-0.15, -0.1) is 4.91 Å². The fourth-order valence-electron chi connectivity index (χ4n) is 2.06. The Kier molecular flexibility index (Phi) is 4.52. The van der Waals surface area contributed by atoms with Gasteiger partial charge in [-0.25, -0.2) is 0 Å². The van der Waals surface area contributed by atoms with Gasteiger partial charge in [-0.2, -0.15) is 0 Å². The summed E-state index contributed by atoms with van der Waals surface area (Å²) in [5.41, 5.74) is -0.727. The molecule has 0 unspecified atom stereocenters. The summed E-state index contributed by atoms with van der Waals surface area (Å²) in [5, 5.41) is 7.30. The number of hydroxylamine groups is 2. The summed E-state index contributed by atoms with van der Waals surface area (Å²) in [4.78, 5) is 45.4. The highest BCUT2D eigenvalue weighted by Gasteiger charge is 2.36. The summed E-state index contributed by atoms with van der Waals surface area (Å²) in [6.45, 7) is 0.